The number of carbonyl (C=O) groups is 3. The first-order valence-electron chi connectivity index (χ1n) is 13.9. The van der Waals surface area contributed by atoms with E-state index in [2.05, 4.69) is 34.6 Å². The van der Waals surface area contributed by atoms with Crippen molar-refractivity contribution in [1.82, 2.24) is 9.80 Å². The number of likely N-dealkylation sites (tertiary alicyclic amines) is 1. The maximum absolute atomic E-state index is 14.8. The van der Waals surface area contributed by atoms with Crippen molar-refractivity contribution in [2.24, 2.45) is 17.3 Å². The van der Waals surface area contributed by atoms with Gasteiger partial charge < -0.3 is 19.6 Å². The Kier molecular flexibility index (Phi) is 7.25. The number of aliphatic hydroxyl groups is 1. The van der Waals surface area contributed by atoms with Gasteiger partial charge in [0.15, 0.2) is 0 Å². The number of nitrogens with zero attached hydrogens (tertiary/aromatic N) is 2. The third-order valence-corrected chi connectivity index (χ3v) is 10.2. The summed E-state index contributed by atoms with van der Waals surface area (Å²) in [5.74, 6) is -2.27. The van der Waals surface area contributed by atoms with Crippen LogP contribution >= 0.6 is 11.8 Å². The van der Waals surface area contributed by atoms with Crippen molar-refractivity contribution >= 4 is 29.5 Å². The molecular weight excluding hydrogens is 512 g/mol. The zero-order chi connectivity index (χ0) is 28.2. The van der Waals surface area contributed by atoms with E-state index in [1.807, 2.05) is 59.5 Å². The first kappa shape index (κ1) is 28.0. The second-order valence-corrected chi connectivity index (χ2v) is 14.5. The number of carbonyl (C=O) groups excluding carboxylic acids is 3. The van der Waals surface area contributed by atoms with Gasteiger partial charge in [0.25, 0.3) is 0 Å². The summed E-state index contributed by atoms with van der Waals surface area (Å²) < 4.78 is 4.63. The molecule has 210 valence electrons. The zero-order valence-corrected chi connectivity index (χ0v) is 24.3. The summed E-state index contributed by atoms with van der Waals surface area (Å²) in [7, 11) is 0. The van der Waals surface area contributed by atoms with Gasteiger partial charge in [0, 0.05) is 17.3 Å². The second-order valence-electron chi connectivity index (χ2n) is 13.0. The lowest BCUT2D eigenvalue weighted by molar-refractivity contribution is -0.154. The Balaban J connectivity index is 1.67. The van der Waals surface area contributed by atoms with Crippen LogP contribution in [0.25, 0.3) is 0 Å². The highest BCUT2D eigenvalue weighted by Gasteiger charge is 2.72. The minimum absolute atomic E-state index is 0.0228. The molecule has 2 saturated heterocycles. The van der Waals surface area contributed by atoms with E-state index in [1.54, 1.807) is 4.90 Å². The van der Waals surface area contributed by atoms with Gasteiger partial charge in [-0.05, 0) is 37.7 Å². The van der Waals surface area contributed by atoms with Crippen LogP contribution in [0.4, 0.5) is 0 Å². The molecule has 0 bridgehead atoms. The highest BCUT2D eigenvalue weighted by molar-refractivity contribution is 8.02. The summed E-state index contributed by atoms with van der Waals surface area (Å²) >= 11 is 1.53. The number of fused-ring (bicyclic) bond motifs is 2. The van der Waals surface area contributed by atoms with Crippen molar-refractivity contribution in [2.75, 3.05) is 19.8 Å². The summed E-state index contributed by atoms with van der Waals surface area (Å²) in [5.41, 5.74) is 0.251. The summed E-state index contributed by atoms with van der Waals surface area (Å²) in [6, 6.07) is 7.77. The van der Waals surface area contributed by atoms with Gasteiger partial charge in [0.05, 0.1) is 35.8 Å². The molecule has 1 N–H and O–H groups in total. The smallest absolute Gasteiger partial charge is 0.311 e. The lowest BCUT2D eigenvalue weighted by Gasteiger charge is -2.45. The van der Waals surface area contributed by atoms with E-state index in [9.17, 15) is 19.5 Å². The van der Waals surface area contributed by atoms with Gasteiger partial charge in [0.1, 0.15) is 6.04 Å². The number of cyclic esters (lactones) is 1. The monoisotopic (exact) mass is 552 g/mol. The third kappa shape index (κ3) is 4.73. The van der Waals surface area contributed by atoms with Crippen LogP contribution in [0.15, 0.2) is 54.6 Å². The maximum Gasteiger partial charge on any atom is 0.311 e. The first-order valence-corrected chi connectivity index (χ1v) is 14.8. The molecule has 39 heavy (non-hydrogen) atoms. The molecule has 8 heteroatoms. The van der Waals surface area contributed by atoms with Crippen molar-refractivity contribution < 1.29 is 24.2 Å². The molecule has 1 aromatic carbocycles. The van der Waals surface area contributed by atoms with E-state index in [0.29, 0.717) is 13.0 Å². The predicted octanol–water partition coefficient (Wildman–Crippen LogP) is 4.13. The molecule has 0 aromatic heterocycles. The molecule has 4 aliphatic rings. The number of hydrogen-bond donors (Lipinski definition) is 1. The second kappa shape index (κ2) is 10.1. The Bertz CT molecular complexity index is 1190. The Labute approximate surface area is 235 Å². The molecule has 0 aliphatic carbocycles. The Morgan fingerprint density at radius 3 is 2.46 bits per heavy atom. The lowest BCUT2D eigenvalue weighted by Crippen LogP contribution is -2.59. The fraction of sp³-hybridized carbons (Fsp3) is 0.581. The molecule has 5 rings (SSSR count). The summed E-state index contributed by atoms with van der Waals surface area (Å²) in [5, 5.41) is 10.4. The van der Waals surface area contributed by atoms with Gasteiger partial charge in [-0.3, -0.25) is 14.4 Å². The highest BCUT2D eigenvalue weighted by atomic mass is 32.2. The molecule has 6 atom stereocenters. The van der Waals surface area contributed by atoms with Crippen molar-refractivity contribution in [1.29, 1.82) is 0 Å². The van der Waals surface area contributed by atoms with E-state index < -0.39 is 34.2 Å². The van der Waals surface area contributed by atoms with Crippen LogP contribution in [0.1, 0.15) is 59.1 Å². The average Bonchev–Trinajstić information content (AvgIpc) is 3.22. The van der Waals surface area contributed by atoms with E-state index in [1.165, 1.54) is 11.8 Å². The van der Waals surface area contributed by atoms with Crippen LogP contribution in [-0.2, 0) is 19.1 Å². The molecule has 4 heterocycles. The van der Waals surface area contributed by atoms with Gasteiger partial charge in [-0.1, -0.05) is 75.4 Å². The Morgan fingerprint density at radius 1 is 1.08 bits per heavy atom. The number of rotatable bonds is 5. The molecular formula is C31H40N2O5S. The number of benzene rings is 1. The highest BCUT2D eigenvalue weighted by Crippen LogP contribution is 2.62. The number of amides is 2. The largest absolute Gasteiger partial charge is 0.465 e. The number of ether oxygens (including phenoxy) is 1. The maximum atomic E-state index is 14.8. The standard InChI is InChI=1S/C31H40N2O5S/c1-29(2,3)19-30(4,5)32-16-11-15-31-24(23-22(39-31)14-9-10-17-38-28(23)37)26(35)33(25(31)27(32)36)21(18-34)20-12-7-6-8-13-20/h6-9,11-15,21-25,34H,10,16-19H2,1-5H3/t21-,22-,23+,24+,25?,31+/m1/s1. The van der Waals surface area contributed by atoms with Crippen molar-refractivity contribution in [3.05, 3.63) is 60.2 Å². The number of thioether (sulfide) groups is 1. The van der Waals surface area contributed by atoms with Gasteiger partial charge in [-0.15, -0.1) is 11.8 Å². The Hall–Kier alpha value is -2.58. The fourth-order valence-corrected chi connectivity index (χ4v) is 9.34. The third-order valence-electron chi connectivity index (χ3n) is 8.45. The molecule has 1 unspecified atom stereocenters. The molecule has 0 saturated carbocycles. The van der Waals surface area contributed by atoms with E-state index in [0.717, 1.165) is 12.0 Å². The number of hydrogen-bond acceptors (Lipinski definition) is 6. The van der Waals surface area contributed by atoms with Crippen LogP contribution in [0.2, 0.25) is 0 Å². The normalized spacial score (nSPS) is 31.7. The quantitative estimate of drug-likeness (QED) is 0.437. The van der Waals surface area contributed by atoms with E-state index in [4.69, 9.17) is 4.74 Å². The van der Waals surface area contributed by atoms with Gasteiger partial charge in [-0.25, -0.2) is 0 Å². The lowest BCUT2D eigenvalue weighted by atomic mass is 9.78. The summed E-state index contributed by atoms with van der Waals surface area (Å²) in [6.07, 6.45) is 9.44. The number of aliphatic hydroxyl groups excluding tert-OH is 1. The van der Waals surface area contributed by atoms with Crippen LogP contribution in [0, 0.1) is 17.3 Å². The van der Waals surface area contributed by atoms with Crippen molar-refractivity contribution in [3.63, 3.8) is 0 Å². The fourth-order valence-electron chi connectivity index (χ4n) is 7.35. The SMILES string of the molecule is CC(C)(C)CC(C)(C)N1CC=C[C@]23S[C@@H]4C=CCCOC(=O)[C@@H]4[C@H]2C(=O)N([C@H](CO)c2ccccc2)C3C1=O. The molecule has 7 nitrogen and oxygen atoms in total. The van der Waals surface area contributed by atoms with E-state index in [-0.39, 0.29) is 41.7 Å². The first-order chi connectivity index (χ1) is 18.4. The molecule has 2 amide bonds. The van der Waals surface area contributed by atoms with Crippen LogP contribution < -0.4 is 0 Å². The van der Waals surface area contributed by atoms with Gasteiger partial charge >= 0.3 is 5.97 Å². The molecule has 4 aliphatic heterocycles. The van der Waals surface area contributed by atoms with Crippen LogP contribution in [-0.4, -0.2) is 74.0 Å². The molecule has 2 fully saturated rings. The molecule has 1 spiro atoms. The topological polar surface area (TPSA) is 87.2 Å². The minimum Gasteiger partial charge on any atom is -0.465 e. The average molecular weight is 553 g/mol. The molecule has 1 aromatic rings. The van der Waals surface area contributed by atoms with Gasteiger partial charge in [-0.2, -0.15) is 0 Å². The van der Waals surface area contributed by atoms with Crippen molar-refractivity contribution in [2.45, 2.75) is 75.1 Å². The Morgan fingerprint density at radius 2 is 1.79 bits per heavy atom. The van der Waals surface area contributed by atoms with Crippen molar-refractivity contribution in [3.8, 4) is 0 Å². The minimum atomic E-state index is -0.952. The molecule has 0 radical (unpaired) electrons. The summed E-state index contributed by atoms with van der Waals surface area (Å²) in [4.78, 5) is 46.2. The predicted molar refractivity (Wildman–Crippen MR) is 152 cm³/mol. The van der Waals surface area contributed by atoms with Crippen LogP contribution in [0.3, 0.4) is 0 Å². The zero-order valence-electron chi connectivity index (χ0n) is 23.5. The van der Waals surface area contributed by atoms with Gasteiger partial charge in [0.2, 0.25) is 11.8 Å². The van der Waals surface area contributed by atoms with Crippen LogP contribution in [0.5, 0.6) is 0 Å². The number of esters is 1. The van der Waals surface area contributed by atoms with E-state index >= 15 is 0 Å². The summed E-state index contributed by atoms with van der Waals surface area (Å²) in [6.45, 7) is 11.0.